The van der Waals surface area contributed by atoms with Crippen LogP contribution in [0.2, 0.25) is 5.02 Å². The fourth-order valence-corrected chi connectivity index (χ4v) is 2.66. The fourth-order valence-electron chi connectivity index (χ4n) is 2.43. The molecule has 0 saturated heterocycles. The number of benzene rings is 2. The lowest BCUT2D eigenvalue weighted by Crippen LogP contribution is -2.30. The molecule has 0 spiro atoms. The number of rotatable bonds is 2. The summed E-state index contributed by atoms with van der Waals surface area (Å²) in [5.41, 5.74) is -0.288. The lowest BCUT2D eigenvalue weighted by Gasteiger charge is -2.22. The third-order valence-electron chi connectivity index (χ3n) is 3.72. The molecule has 144 valence electrons. The number of hydrogen-bond acceptors (Lipinski definition) is 2. The van der Waals surface area contributed by atoms with Crippen molar-refractivity contribution in [2.75, 3.05) is 10.6 Å². The molecule has 0 aliphatic carbocycles. The highest BCUT2D eigenvalue weighted by Crippen LogP contribution is 2.36. The number of carbonyl (C=O) groups excluding carboxylic acids is 2. The number of amides is 2. The van der Waals surface area contributed by atoms with Gasteiger partial charge in [0.15, 0.2) is 0 Å². The third kappa shape index (κ3) is 5.23. The first-order valence-corrected chi connectivity index (χ1v) is 8.36. The second-order valence-corrected chi connectivity index (χ2v) is 7.30. The summed E-state index contributed by atoms with van der Waals surface area (Å²) >= 11 is 5.54. The van der Waals surface area contributed by atoms with Gasteiger partial charge in [0.05, 0.1) is 10.6 Å². The highest BCUT2D eigenvalue weighted by atomic mass is 35.5. The SMILES string of the molecule is CC(C)(C)c1ccccc1NC(=O)C(=O)Nc1ccc(Cl)c(C(F)(F)F)c1. The summed E-state index contributed by atoms with van der Waals surface area (Å²) in [4.78, 5) is 24.3. The fraction of sp³-hybridized carbons (Fsp3) is 0.263. The van der Waals surface area contributed by atoms with Gasteiger partial charge in [-0.1, -0.05) is 50.6 Å². The number of carbonyl (C=O) groups is 2. The average Bonchev–Trinajstić information content (AvgIpc) is 2.55. The molecule has 2 rings (SSSR count). The Labute approximate surface area is 159 Å². The topological polar surface area (TPSA) is 58.2 Å². The lowest BCUT2D eigenvalue weighted by atomic mass is 9.86. The van der Waals surface area contributed by atoms with Gasteiger partial charge in [0, 0.05) is 11.4 Å². The number of hydrogen-bond donors (Lipinski definition) is 2. The van der Waals surface area contributed by atoms with Gasteiger partial charge in [-0.15, -0.1) is 0 Å². The van der Waals surface area contributed by atoms with Gasteiger partial charge in [-0.25, -0.2) is 0 Å². The molecule has 2 aromatic carbocycles. The molecular weight excluding hydrogens is 381 g/mol. The standard InChI is InChI=1S/C19H18ClF3N2O2/c1-18(2,3)12-6-4-5-7-15(12)25-17(27)16(26)24-11-8-9-14(20)13(10-11)19(21,22)23/h4-10H,1-3H3,(H,24,26)(H,25,27). The average molecular weight is 399 g/mol. The normalized spacial score (nSPS) is 11.8. The van der Waals surface area contributed by atoms with E-state index in [0.29, 0.717) is 11.8 Å². The van der Waals surface area contributed by atoms with Gasteiger partial charge in [-0.05, 0) is 35.2 Å². The lowest BCUT2D eigenvalue weighted by molar-refractivity contribution is -0.137. The quantitative estimate of drug-likeness (QED) is 0.680. The van der Waals surface area contributed by atoms with Crippen LogP contribution < -0.4 is 10.6 Å². The van der Waals surface area contributed by atoms with Gasteiger partial charge in [0.1, 0.15) is 0 Å². The van der Waals surface area contributed by atoms with Crippen molar-refractivity contribution in [1.82, 2.24) is 0 Å². The van der Waals surface area contributed by atoms with Crippen molar-refractivity contribution in [3.8, 4) is 0 Å². The molecule has 2 amide bonds. The summed E-state index contributed by atoms with van der Waals surface area (Å²) in [7, 11) is 0. The first kappa shape index (κ1) is 20.8. The Hall–Kier alpha value is -2.54. The minimum Gasteiger partial charge on any atom is -0.318 e. The van der Waals surface area contributed by atoms with E-state index in [-0.39, 0.29) is 11.1 Å². The Kier molecular flexibility index (Phi) is 5.85. The van der Waals surface area contributed by atoms with E-state index in [1.807, 2.05) is 32.9 Å². The van der Waals surface area contributed by atoms with Crippen molar-refractivity contribution in [1.29, 1.82) is 0 Å². The Bertz CT molecular complexity index is 874. The summed E-state index contributed by atoms with van der Waals surface area (Å²) in [5.74, 6) is -2.08. The number of alkyl halides is 3. The van der Waals surface area contributed by atoms with E-state index >= 15 is 0 Å². The zero-order valence-corrected chi connectivity index (χ0v) is 15.6. The number of halogens is 4. The van der Waals surface area contributed by atoms with E-state index in [9.17, 15) is 22.8 Å². The molecule has 2 N–H and O–H groups in total. The molecular formula is C19H18ClF3N2O2. The molecule has 4 nitrogen and oxygen atoms in total. The maximum absolute atomic E-state index is 12.9. The maximum atomic E-state index is 12.9. The molecule has 0 heterocycles. The van der Waals surface area contributed by atoms with Crippen molar-refractivity contribution in [2.45, 2.75) is 32.4 Å². The zero-order valence-electron chi connectivity index (χ0n) is 14.9. The Morgan fingerprint density at radius 1 is 0.889 bits per heavy atom. The predicted molar refractivity (Wildman–Crippen MR) is 98.9 cm³/mol. The van der Waals surface area contributed by atoms with Gasteiger partial charge >= 0.3 is 18.0 Å². The summed E-state index contributed by atoms with van der Waals surface area (Å²) < 4.78 is 38.7. The monoisotopic (exact) mass is 398 g/mol. The van der Waals surface area contributed by atoms with Gasteiger partial charge in [0.25, 0.3) is 0 Å². The van der Waals surface area contributed by atoms with E-state index in [1.54, 1.807) is 12.1 Å². The van der Waals surface area contributed by atoms with Crippen LogP contribution in [0.5, 0.6) is 0 Å². The molecule has 0 aliphatic heterocycles. The number of anilines is 2. The van der Waals surface area contributed by atoms with Gasteiger partial charge in [0.2, 0.25) is 0 Å². The summed E-state index contributed by atoms with van der Waals surface area (Å²) in [6.07, 6.45) is -4.67. The molecule has 0 bridgehead atoms. The van der Waals surface area contributed by atoms with Gasteiger partial charge in [-0.3, -0.25) is 9.59 Å². The highest BCUT2D eigenvalue weighted by Gasteiger charge is 2.33. The minimum absolute atomic E-state index is 0.184. The molecule has 27 heavy (non-hydrogen) atoms. The Morgan fingerprint density at radius 2 is 1.48 bits per heavy atom. The third-order valence-corrected chi connectivity index (χ3v) is 4.05. The molecule has 0 radical (unpaired) electrons. The smallest absolute Gasteiger partial charge is 0.318 e. The molecule has 0 aromatic heterocycles. The predicted octanol–water partition coefficient (Wildman–Crippen LogP) is 5.23. The van der Waals surface area contributed by atoms with Crippen molar-refractivity contribution in [3.63, 3.8) is 0 Å². The Balaban J connectivity index is 2.18. The van der Waals surface area contributed by atoms with Crippen LogP contribution >= 0.6 is 11.6 Å². The van der Waals surface area contributed by atoms with Gasteiger partial charge in [-0.2, -0.15) is 13.2 Å². The van der Waals surface area contributed by atoms with Crippen LogP contribution in [0.25, 0.3) is 0 Å². The van der Waals surface area contributed by atoms with Crippen LogP contribution in [0.4, 0.5) is 24.5 Å². The van der Waals surface area contributed by atoms with Crippen LogP contribution in [0.3, 0.4) is 0 Å². The van der Waals surface area contributed by atoms with E-state index in [2.05, 4.69) is 10.6 Å². The molecule has 8 heteroatoms. The highest BCUT2D eigenvalue weighted by molar-refractivity contribution is 6.43. The minimum atomic E-state index is -4.67. The van der Waals surface area contributed by atoms with Crippen LogP contribution in [0, 0.1) is 0 Å². The van der Waals surface area contributed by atoms with Crippen molar-refractivity contribution < 1.29 is 22.8 Å². The molecule has 2 aromatic rings. The van der Waals surface area contributed by atoms with Crippen molar-refractivity contribution in [2.24, 2.45) is 0 Å². The molecule has 0 saturated carbocycles. The van der Waals surface area contributed by atoms with Crippen LogP contribution in [-0.2, 0) is 21.2 Å². The van der Waals surface area contributed by atoms with E-state index in [0.717, 1.165) is 11.6 Å². The Morgan fingerprint density at radius 3 is 2.07 bits per heavy atom. The first-order chi connectivity index (χ1) is 12.4. The van der Waals surface area contributed by atoms with E-state index < -0.39 is 28.6 Å². The van der Waals surface area contributed by atoms with Crippen molar-refractivity contribution >= 4 is 34.8 Å². The first-order valence-electron chi connectivity index (χ1n) is 7.98. The van der Waals surface area contributed by atoms with Crippen molar-refractivity contribution in [3.05, 3.63) is 58.6 Å². The maximum Gasteiger partial charge on any atom is 0.417 e. The molecule has 0 atom stereocenters. The summed E-state index contributed by atoms with van der Waals surface area (Å²) in [6.45, 7) is 5.85. The van der Waals surface area contributed by atoms with E-state index in [4.69, 9.17) is 11.6 Å². The number of para-hydroxylation sites is 1. The molecule has 0 aliphatic rings. The molecule has 0 fully saturated rings. The summed E-state index contributed by atoms with van der Waals surface area (Å²) in [5, 5.41) is 4.15. The van der Waals surface area contributed by atoms with E-state index in [1.165, 1.54) is 6.07 Å². The molecule has 0 unspecified atom stereocenters. The zero-order chi connectivity index (χ0) is 20.4. The van der Waals surface area contributed by atoms with Crippen LogP contribution in [-0.4, -0.2) is 11.8 Å². The van der Waals surface area contributed by atoms with Crippen LogP contribution in [0.1, 0.15) is 31.9 Å². The largest absolute Gasteiger partial charge is 0.417 e. The second kappa shape index (κ2) is 7.60. The summed E-state index contributed by atoms with van der Waals surface area (Å²) in [6, 6.07) is 9.85. The second-order valence-electron chi connectivity index (χ2n) is 6.90. The number of nitrogens with one attached hydrogen (secondary N) is 2. The van der Waals surface area contributed by atoms with Crippen LogP contribution in [0.15, 0.2) is 42.5 Å². The van der Waals surface area contributed by atoms with Gasteiger partial charge < -0.3 is 10.6 Å².